The lowest BCUT2D eigenvalue weighted by Crippen LogP contribution is -2.04. The lowest BCUT2D eigenvalue weighted by molar-refractivity contribution is 0.994. The molecule has 0 saturated heterocycles. The first kappa shape index (κ1) is 87.3. The molecule has 18 aromatic carbocycles. The molecule has 0 bridgehead atoms. The average Bonchev–Trinajstić information content (AvgIpc) is 1.57. The van der Waals surface area contributed by atoms with Gasteiger partial charge in [-0.3, -0.25) is 24.1 Å². The molecule has 0 saturated carbocycles. The SMILES string of the molecule is c1ccc(-c2cc(-c3ccccc3)nc(-n3c4ccc(-c5cccc6c5c5ccccc5n6-c5ccccc5)cc4c4ncccc43)n2)cc1.c1ccc(-c2cc(-n3c4ccc(-c5cccc6c5c5ccccc5n6-c5ccccc5)cc4c4ncccc43)nc(-c3ccccc3)n2)cc1.c1ccc(-c2ncc(-n3c4ccc(-c5cccc6c5c5ccccc5n6-c5ccccc5)cc4c4ncccc43)c(-c3ccccc3)n2)cc1. The van der Waals surface area contributed by atoms with E-state index < -0.39 is 0 Å². The highest BCUT2D eigenvalue weighted by Gasteiger charge is 2.28. The van der Waals surface area contributed by atoms with E-state index in [2.05, 4.69) is 404 Å². The molecule has 12 aromatic heterocycles. The standard InChI is InChI=1S/3C45H29N5/c1-4-14-30(15-5-1)37-29-38(31-16-6-2-7-17-31)48-45(47-37)50-40-26-25-32(28-36(40)44-42(50)24-13-27-46-44)34-21-12-23-41-43(34)35-20-10-11-22-39(35)49(41)33-18-8-3-9-19-33;1-4-14-30(15-5-1)37-29-42(48-45(47-37)31-16-6-2-7-17-31)50-39-26-25-32(28-36(39)44-41(50)24-13-27-46-44)34-21-12-23-40-43(34)35-20-10-11-22-38(35)49(40)33-18-8-3-9-19-33;1-4-14-30(15-5-1)43-41(29-47-45(48-43)31-16-6-2-7-17-31)50-38-26-25-32(28-36(38)44-40(50)24-13-27-46-44)34-21-12-23-39-42(34)35-20-10-11-22-37(35)49(39)33-18-8-3-9-19-33/h3*1-29H. The van der Waals surface area contributed by atoms with Crippen LogP contribution < -0.4 is 0 Å². The van der Waals surface area contributed by atoms with Crippen LogP contribution >= 0.6 is 0 Å². The van der Waals surface area contributed by atoms with Crippen LogP contribution in [0.3, 0.4) is 0 Å². The number of hydrogen-bond acceptors (Lipinski definition) is 9. The third-order valence-electron chi connectivity index (χ3n) is 28.8. The van der Waals surface area contributed by atoms with Gasteiger partial charge in [0, 0.05) is 124 Å². The van der Waals surface area contributed by atoms with E-state index in [0.717, 1.165) is 167 Å². The first-order chi connectivity index (χ1) is 74.5. The molecule has 150 heavy (non-hydrogen) atoms. The Bertz CT molecular complexity index is 9940. The van der Waals surface area contributed by atoms with Gasteiger partial charge in [0.2, 0.25) is 5.95 Å². The number of fused-ring (bicyclic) bond motifs is 18. The van der Waals surface area contributed by atoms with Crippen LogP contribution in [-0.4, -0.2) is 72.3 Å². The Balaban J connectivity index is 0.000000108. The van der Waals surface area contributed by atoms with Crippen molar-refractivity contribution in [3.63, 3.8) is 0 Å². The van der Waals surface area contributed by atoms with Crippen LogP contribution in [0, 0.1) is 0 Å². The number of para-hydroxylation sites is 6. The fourth-order valence-electron chi connectivity index (χ4n) is 22.2. The Hall–Kier alpha value is -20.6. The summed E-state index contributed by atoms with van der Waals surface area (Å²) in [6.07, 6.45) is 7.57. The monoisotopic (exact) mass is 1920 g/mol. The zero-order chi connectivity index (χ0) is 99.1. The smallest absolute Gasteiger partial charge is 0.235 e. The summed E-state index contributed by atoms with van der Waals surface area (Å²) in [5.41, 5.74) is 36.8. The fourth-order valence-corrected chi connectivity index (χ4v) is 22.2. The molecule has 0 N–H and O–H groups in total. The van der Waals surface area contributed by atoms with E-state index in [9.17, 15) is 0 Å². The minimum absolute atomic E-state index is 0.610. The second-order valence-electron chi connectivity index (χ2n) is 37.5. The fraction of sp³-hybridized carbons (Fsp3) is 0. The van der Waals surface area contributed by atoms with Gasteiger partial charge in [0.1, 0.15) is 5.82 Å². The molecule has 0 unspecified atom stereocenters. The highest BCUT2D eigenvalue weighted by molar-refractivity contribution is 6.21. The van der Waals surface area contributed by atoms with Crippen molar-refractivity contribution in [3.05, 3.63) is 528 Å². The maximum Gasteiger partial charge on any atom is 0.235 e. The Morgan fingerprint density at radius 3 is 0.873 bits per heavy atom. The lowest BCUT2D eigenvalue weighted by atomic mass is 9.98. The first-order valence-corrected chi connectivity index (χ1v) is 50.4. The van der Waals surface area contributed by atoms with Gasteiger partial charge in [-0.05, 0) is 185 Å². The number of hydrogen-bond donors (Lipinski definition) is 0. The molecular weight excluding hydrogens is 1830 g/mol. The van der Waals surface area contributed by atoms with Crippen molar-refractivity contribution in [2.24, 2.45) is 0 Å². The number of benzene rings is 18. The van der Waals surface area contributed by atoms with E-state index in [-0.39, 0.29) is 0 Å². The van der Waals surface area contributed by atoms with Crippen molar-refractivity contribution in [1.82, 2.24) is 72.3 Å². The molecule has 15 nitrogen and oxygen atoms in total. The van der Waals surface area contributed by atoms with Crippen molar-refractivity contribution >= 4 is 131 Å². The predicted octanol–water partition coefficient (Wildman–Crippen LogP) is 33.2. The Kier molecular flexibility index (Phi) is 21.5. The van der Waals surface area contributed by atoms with Crippen LogP contribution in [0.1, 0.15) is 0 Å². The largest absolute Gasteiger partial charge is 0.309 e. The molecule has 0 radical (unpaired) electrons. The summed E-state index contributed by atoms with van der Waals surface area (Å²) >= 11 is 0. The van der Waals surface area contributed by atoms with Gasteiger partial charge in [-0.2, -0.15) is 0 Å². The van der Waals surface area contributed by atoms with E-state index in [1.165, 1.54) is 82.1 Å². The molecule has 0 spiro atoms. The molecule has 0 amide bonds. The molecule has 0 aliphatic heterocycles. The van der Waals surface area contributed by atoms with Crippen LogP contribution in [0.2, 0.25) is 0 Å². The number of rotatable bonds is 15. The molecule has 702 valence electrons. The lowest BCUT2D eigenvalue weighted by Gasteiger charge is -2.14. The van der Waals surface area contributed by atoms with Crippen LogP contribution in [0.25, 0.3) is 267 Å². The molecule has 0 aliphatic rings. The maximum atomic E-state index is 5.18. The third-order valence-corrected chi connectivity index (χ3v) is 28.8. The van der Waals surface area contributed by atoms with Crippen LogP contribution in [0.4, 0.5) is 0 Å². The van der Waals surface area contributed by atoms with Gasteiger partial charge in [0.25, 0.3) is 0 Å². The van der Waals surface area contributed by atoms with Crippen molar-refractivity contribution in [1.29, 1.82) is 0 Å². The minimum atomic E-state index is 0.610. The third kappa shape index (κ3) is 15.1. The van der Waals surface area contributed by atoms with Gasteiger partial charge in [0.05, 0.1) is 117 Å². The van der Waals surface area contributed by atoms with Crippen LogP contribution in [0.15, 0.2) is 528 Å². The topological polar surface area (TPSA) is 146 Å². The van der Waals surface area contributed by atoms with Gasteiger partial charge in [-0.25, -0.2) is 29.9 Å². The quantitative estimate of drug-likeness (QED) is 0.0979. The van der Waals surface area contributed by atoms with Crippen molar-refractivity contribution in [2.75, 3.05) is 0 Å². The van der Waals surface area contributed by atoms with E-state index in [4.69, 9.17) is 44.9 Å². The predicted molar refractivity (Wildman–Crippen MR) is 614 cm³/mol. The number of aromatic nitrogens is 15. The Morgan fingerprint density at radius 1 is 0.167 bits per heavy atom. The summed E-state index contributed by atoms with van der Waals surface area (Å²) in [6.45, 7) is 0. The van der Waals surface area contributed by atoms with Crippen LogP contribution in [-0.2, 0) is 0 Å². The summed E-state index contributed by atoms with van der Waals surface area (Å²) < 4.78 is 13.7. The summed E-state index contributed by atoms with van der Waals surface area (Å²) in [7, 11) is 0. The van der Waals surface area contributed by atoms with E-state index in [1.54, 1.807) is 0 Å². The molecule has 30 rings (SSSR count). The molecule has 0 aliphatic carbocycles. The van der Waals surface area contributed by atoms with E-state index in [0.29, 0.717) is 17.6 Å². The normalized spacial score (nSPS) is 11.6. The molecule has 0 atom stereocenters. The second-order valence-corrected chi connectivity index (χ2v) is 37.5. The summed E-state index contributed by atoms with van der Waals surface area (Å²) in [5.74, 6) is 2.78. The second kappa shape index (κ2) is 37.0. The average molecular weight is 1920 g/mol. The summed E-state index contributed by atoms with van der Waals surface area (Å²) in [5, 5.41) is 10.6. The zero-order valence-corrected chi connectivity index (χ0v) is 80.9. The van der Waals surface area contributed by atoms with Gasteiger partial charge in [0.15, 0.2) is 11.6 Å². The van der Waals surface area contributed by atoms with Gasteiger partial charge in [-0.15, -0.1) is 0 Å². The molecule has 30 aromatic rings. The first-order valence-electron chi connectivity index (χ1n) is 50.4. The maximum absolute atomic E-state index is 5.18. The van der Waals surface area contributed by atoms with Crippen molar-refractivity contribution in [2.45, 2.75) is 0 Å². The van der Waals surface area contributed by atoms with E-state index >= 15 is 0 Å². The highest BCUT2D eigenvalue weighted by Crippen LogP contribution is 2.48. The Morgan fingerprint density at radius 2 is 0.473 bits per heavy atom. The van der Waals surface area contributed by atoms with Crippen LogP contribution in [0.5, 0.6) is 0 Å². The molecule has 0 fully saturated rings. The highest BCUT2D eigenvalue weighted by atomic mass is 15.2. The minimum Gasteiger partial charge on any atom is -0.309 e. The number of pyridine rings is 3. The summed E-state index contributed by atoms with van der Waals surface area (Å²) in [4.78, 5) is 45.5. The van der Waals surface area contributed by atoms with Gasteiger partial charge < -0.3 is 18.3 Å². The molecule has 12 heterocycles. The number of nitrogens with zero attached hydrogens (tertiary/aromatic N) is 15. The zero-order valence-electron chi connectivity index (χ0n) is 80.9. The van der Waals surface area contributed by atoms with Crippen molar-refractivity contribution < 1.29 is 0 Å². The Labute approximate surface area is 861 Å². The molecular formula is C135H87N15. The molecule has 15 heteroatoms. The van der Waals surface area contributed by atoms with Gasteiger partial charge >= 0.3 is 0 Å². The van der Waals surface area contributed by atoms with E-state index in [1.807, 2.05) is 152 Å². The summed E-state index contributed by atoms with van der Waals surface area (Å²) in [6, 6.07) is 176. The van der Waals surface area contributed by atoms with Gasteiger partial charge in [-0.1, -0.05) is 346 Å². The van der Waals surface area contributed by atoms with Crippen molar-refractivity contribution in [3.8, 4) is 136 Å².